The standard InChI is InChI=1S/C17H21N3O/c1-12-18-16(21)17(19-12)9-10-20(11-17)15-8-4-6-13-5-2-3-7-14(13)15/h2-3,5,7,15,19H,1,4,6,8-11H2,(H,18,21)/i3T. The molecular formula is C17H21N3O. The number of amides is 1. The van der Waals surface area contributed by atoms with Crippen LogP contribution in [-0.2, 0) is 11.2 Å². The Morgan fingerprint density at radius 3 is 3.19 bits per heavy atom. The number of hydrogen-bond donors (Lipinski definition) is 2. The van der Waals surface area contributed by atoms with Gasteiger partial charge in [-0.3, -0.25) is 9.69 Å². The Labute approximate surface area is 126 Å². The topological polar surface area (TPSA) is 44.4 Å². The molecule has 4 rings (SSSR count). The van der Waals surface area contributed by atoms with Crippen LogP contribution in [0.5, 0.6) is 0 Å². The van der Waals surface area contributed by atoms with Crippen molar-refractivity contribution in [2.75, 3.05) is 13.1 Å². The van der Waals surface area contributed by atoms with E-state index >= 15 is 0 Å². The molecule has 1 aromatic carbocycles. The summed E-state index contributed by atoms with van der Waals surface area (Å²) in [5.74, 6) is 0.662. The number of benzene rings is 1. The minimum Gasteiger partial charge on any atom is -0.357 e. The molecule has 0 saturated carbocycles. The van der Waals surface area contributed by atoms with Crippen molar-refractivity contribution in [2.45, 2.75) is 37.3 Å². The predicted octanol–water partition coefficient (Wildman–Crippen LogP) is 1.70. The van der Waals surface area contributed by atoms with Gasteiger partial charge in [-0.05, 0) is 36.8 Å². The van der Waals surface area contributed by atoms with Gasteiger partial charge in [0.25, 0.3) is 5.91 Å². The van der Waals surface area contributed by atoms with Gasteiger partial charge in [0, 0.05) is 19.1 Å². The van der Waals surface area contributed by atoms with Gasteiger partial charge in [-0.25, -0.2) is 0 Å². The minimum atomic E-state index is -0.507. The fraction of sp³-hybridized carbons (Fsp3) is 0.471. The van der Waals surface area contributed by atoms with Gasteiger partial charge >= 0.3 is 0 Å². The first-order chi connectivity index (χ1) is 10.6. The van der Waals surface area contributed by atoms with E-state index in [4.69, 9.17) is 1.37 Å². The summed E-state index contributed by atoms with van der Waals surface area (Å²) in [5.41, 5.74) is 2.14. The lowest BCUT2D eigenvalue weighted by molar-refractivity contribution is -0.123. The number of nitrogens with zero attached hydrogens (tertiary/aromatic N) is 1. The second-order valence-electron chi connectivity index (χ2n) is 6.39. The highest BCUT2D eigenvalue weighted by Gasteiger charge is 2.50. The van der Waals surface area contributed by atoms with Gasteiger partial charge in [0.2, 0.25) is 0 Å². The van der Waals surface area contributed by atoms with E-state index in [2.05, 4.69) is 28.2 Å². The molecule has 2 N–H and O–H groups in total. The molecule has 2 aliphatic heterocycles. The van der Waals surface area contributed by atoms with Crippen molar-refractivity contribution in [3.8, 4) is 0 Å². The maximum absolute atomic E-state index is 12.2. The second kappa shape index (κ2) is 4.60. The SMILES string of the molecule is [3H]c1ccc2c(c1)C(N1CCC3(C1)NC(=C)NC3=O)CCC2. The van der Waals surface area contributed by atoms with Crippen molar-refractivity contribution in [3.05, 3.63) is 47.8 Å². The van der Waals surface area contributed by atoms with Gasteiger partial charge in [0.05, 0.1) is 7.19 Å². The van der Waals surface area contributed by atoms with E-state index in [1.165, 1.54) is 17.5 Å². The van der Waals surface area contributed by atoms with E-state index < -0.39 is 5.54 Å². The molecule has 4 heteroatoms. The molecule has 2 unspecified atom stereocenters. The Kier molecular flexibility index (Phi) is 2.59. The average Bonchev–Trinajstić information content (AvgIpc) is 3.03. The number of carbonyl (C=O) groups excluding carboxylic acids is 1. The summed E-state index contributed by atoms with van der Waals surface area (Å²) in [6.45, 7) is 5.44. The predicted molar refractivity (Wildman–Crippen MR) is 81.5 cm³/mol. The highest BCUT2D eigenvalue weighted by molar-refractivity contribution is 5.91. The second-order valence-corrected chi connectivity index (χ2v) is 6.39. The van der Waals surface area contributed by atoms with Crippen molar-refractivity contribution in [2.24, 2.45) is 0 Å². The van der Waals surface area contributed by atoms with Crippen LogP contribution >= 0.6 is 0 Å². The summed E-state index contributed by atoms with van der Waals surface area (Å²) >= 11 is 0. The number of aryl methyl sites for hydroxylation is 1. The smallest absolute Gasteiger partial charge is 0.252 e. The molecule has 2 atom stereocenters. The maximum atomic E-state index is 12.2. The van der Waals surface area contributed by atoms with E-state index in [1.807, 2.05) is 12.1 Å². The Hall–Kier alpha value is -1.81. The van der Waals surface area contributed by atoms with E-state index in [1.54, 1.807) is 0 Å². The lowest BCUT2D eigenvalue weighted by Gasteiger charge is -2.34. The molecule has 3 aliphatic rings. The summed E-state index contributed by atoms with van der Waals surface area (Å²) in [7, 11) is 0. The average molecular weight is 285 g/mol. The highest BCUT2D eigenvalue weighted by Crippen LogP contribution is 2.38. The van der Waals surface area contributed by atoms with Crippen LogP contribution < -0.4 is 10.6 Å². The van der Waals surface area contributed by atoms with Gasteiger partial charge < -0.3 is 10.6 Å². The largest absolute Gasteiger partial charge is 0.357 e. The Balaban J connectivity index is 1.61. The van der Waals surface area contributed by atoms with Crippen LogP contribution in [0, 0.1) is 0 Å². The highest BCUT2D eigenvalue weighted by atomic mass is 16.2. The molecule has 1 aliphatic carbocycles. The Morgan fingerprint density at radius 2 is 2.38 bits per heavy atom. The summed E-state index contributed by atoms with van der Waals surface area (Å²) in [4.78, 5) is 14.7. The number of fused-ring (bicyclic) bond motifs is 1. The molecule has 4 nitrogen and oxygen atoms in total. The van der Waals surface area contributed by atoms with E-state index in [-0.39, 0.29) is 5.91 Å². The Morgan fingerprint density at radius 1 is 1.48 bits per heavy atom. The summed E-state index contributed by atoms with van der Waals surface area (Å²) in [6.07, 6.45) is 4.19. The van der Waals surface area contributed by atoms with Crippen LogP contribution in [0.4, 0.5) is 0 Å². The molecule has 0 bridgehead atoms. The molecule has 2 saturated heterocycles. The molecule has 2 fully saturated rings. The lowest BCUT2D eigenvalue weighted by atomic mass is 9.87. The summed E-state index contributed by atoms with van der Waals surface area (Å²) < 4.78 is 7.91. The number of carbonyl (C=O) groups is 1. The minimum absolute atomic E-state index is 0.0466. The molecule has 110 valence electrons. The van der Waals surface area contributed by atoms with Crippen LogP contribution in [0.25, 0.3) is 0 Å². The van der Waals surface area contributed by atoms with Crippen LogP contribution in [-0.4, -0.2) is 29.4 Å². The lowest BCUT2D eigenvalue weighted by Crippen LogP contribution is -2.48. The van der Waals surface area contributed by atoms with Crippen LogP contribution in [0.15, 0.2) is 36.6 Å². The molecule has 0 radical (unpaired) electrons. The molecule has 0 aromatic heterocycles. The Bertz CT molecular complexity index is 659. The molecule has 1 spiro atoms. The third kappa shape index (κ3) is 1.97. The zero-order valence-electron chi connectivity index (χ0n) is 13.1. The normalized spacial score (nSPS) is 32.8. The van der Waals surface area contributed by atoms with Crippen molar-refractivity contribution >= 4 is 5.91 Å². The number of hydrogen-bond acceptors (Lipinski definition) is 3. The van der Waals surface area contributed by atoms with Gasteiger partial charge in [-0.15, -0.1) is 0 Å². The molecule has 1 aromatic rings. The molecule has 2 heterocycles. The van der Waals surface area contributed by atoms with E-state index in [9.17, 15) is 4.79 Å². The van der Waals surface area contributed by atoms with Crippen molar-refractivity contribution < 1.29 is 6.17 Å². The number of likely N-dealkylation sites (tertiary alicyclic amines) is 1. The van der Waals surface area contributed by atoms with Gasteiger partial charge in [0.15, 0.2) is 0 Å². The fourth-order valence-electron chi connectivity index (χ4n) is 4.06. The maximum Gasteiger partial charge on any atom is 0.252 e. The quantitative estimate of drug-likeness (QED) is 0.825. The first-order valence-electron chi connectivity index (χ1n) is 8.19. The van der Waals surface area contributed by atoms with Gasteiger partial charge in [-0.1, -0.05) is 30.8 Å². The monoisotopic (exact) mass is 285 g/mol. The van der Waals surface area contributed by atoms with Crippen LogP contribution in [0.3, 0.4) is 0 Å². The fourth-order valence-corrected chi connectivity index (χ4v) is 4.06. The zero-order chi connectivity index (χ0) is 15.3. The van der Waals surface area contributed by atoms with Crippen molar-refractivity contribution in [1.82, 2.24) is 15.5 Å². The summed E-state index contributed by atoms with van der Waals surface area (Å²) in [6, 6.07) is 6.88. The third-order valence-electron chi connectivity index (χ3n) is 5.10. The van der Waals surface area contributed by atoms with E-state index in [0.717, 1.165) is 25.8 Å². The van der Waals surface area contributed by atoms with Gasteiger partial charge in [0.1, 0.15) is 5.54 Å². The third-order valence-corrected chi connectivity index (χ3v) is 5.10. The first-order valence-corrected chi connectivity index (χ1v) is 7.69. The summed E-state index contributed by atoms with van der Waals surface area (Å²) in [5, 5.41) is 6.05. The first kappa shape index (κ1) is 11.8. The number of rotatable bonds is 1. The van der Waals surface area contributed by atoms with Crippen molar-refractivity contribution in [1.29, 1.82) is 0 Å². The van der Waals surface area contributed by atoms with E-state index in [0.29, 0.717) is 24.4 Å². The van der Waals surface area contributed by atoms with Crippen molar-refractivity contribution in [3.63, 3.8) is 0 Å². The van der Waals surface area contributed by atoms with Gasteiger partial charge in [-0.2, -0.15) is 0 Å². The molecule has 21 heavy (non-hydrogen) atoms. The molecule has 1 amide bonds. The molecular weight excluding hydrogens is 262 g/mol. The van der Waals surface area contributed by atoms with Crippen LogP contribution in [0.1, 0.15) is 37.8 Å². The van der Waals surface area contributed by atoms with Crippen LogP contribution in [0.2, 0.25) is 0 Å². The number of nitrogens with one attached hydrogen (secondary N) is 2. The zero-order valence-corrected chi connectivity index (χ0v) is 12.1.